The molecule has 0 aliphatic carbocycles. The molecule has 45 heavy (non-hydrogen) atoms. The molecule has 1 unspecified atom stereocenters. The SMILES string of the molecule is Cc1ccc(OCCN)c(C(=O)N2CCc3cc4ccc3C2c2cccc(c2)OCCCNC(=O)Cc2ccc(F)c(c2)O4)c1. The molecule has 9 heteroatoms. The number of halogens is 1. The summed E-state index contributed by atoms with van der Waals surface area (Å²) < 4.78 is 32.8. The molecule has 232 valence electrons. The smallest absolute Gasteiger partial charge is 0.258 e. The average molecular weight is 610 g/mol. The number of amides is 2. The van der Waals surface area contributed by atoms with E-state index >= 15 is 0 Å². The molecule has 0 saturated heterocycles. The number of nitrogens with zero attached hydrogens (tertiary/aromatic N) is 1. The second kappa shape index (κ2) is 13.4. The maximum Gasteiger partial charge on any atom is 0.258 e. The minimum Gasteiger partial charge on any atom is -0.494 e. The summed E-state index contributed by atoms with van der Waals surface area (Å²) >= 11 is 0. The third-order valence-corrected chi connectivity index (χ3v) is 8.02. The predicted molar refractivity (Wildman–Crippen MR) is 168 cm³/mol. The molecule has 3 N–H and O–H groups in total. The second-order valence-corrected chi connectivity index (χ2v) is 11.3. The number of rotatable bonds is 4. The Hall–Kier alpha value is -4.89. The summed E-state index contributed by atoms with van der Waals surface area (Å²) in [4.78, 5) is 28.7. The van der Waals surface area contributed by atoms with Crippen LogP contribution in [0.3, 0.4) is 0 Å². The first-order valence-electron chi connectivity index (χ1n) is 15.2. The van der Waals surface area contributed by atoms with Crippen molar-refractivity contribution in [2.75, 3.05) is 32.8 Å². The highest BCUT2D eigenvalue weighted by atomic mass is 19.1. The monoisotopic (exact) mass is 609 g/mol. The summed E-state index contributed by atoms with van der Waals surface area (Å²) in [7, 11) is 0. The number of nitrogens with one attached hydrogen (secondary N) is 1. The molecule has 0 saturated carbocycles. The van der Waals surface area contributed by atoms with Crippen LogP contribution in [0, 0.1) is 12.7 Å². The summed E-state index contributed by atoms with van der Waals surface area (Å²) in [5, 5.41) is 2.89. The van der Waals surface area contributed by atoms with Crippen LogP contribution >= 0.6 is 0 Å². The van der Waals surface area contributed by atoms with Gasteiger partial charge in [-0.15, -0.1) is 0 Å². The Labute approximate surface area is 261 Å². The van der Waals surface area contributed by atoms with Crippen LogP contribution in [0.25, 0.3) is 0 Å². The molecule has 0 aromatic heterocycles. The van der Waals surface area contributed by atoms with Gasteiger partial charge < -0.3 is 30.2 Å². The van der Waals surface area contributed by atoms with Gasteiger partial charge in [0.1, 0.15) is 23.9 Å². The highest BCUT2D eigenvalue weighted by Gasteiger charge is 2.34. The first kappa shape index (κ1) is 30.1. The lowest BCUT2D eigenvalue weighted by Crippen LogP contribution is -2.40. The van der Waals surface area contributed by atoms with E-state index in [1.807, 2.05) is 66.4 Å². The van der Waals surface area contributed by atoms with Gasteiger partial charge in [0.2, 0.25) is 5.91 Å². The third-order valence-electron chi connectivity index (χ3n) is 8.02. The van der Waals surface area contributed by atoms with Crippen LogP contribution in [0.4, 0.5) is 4.39 Å². The molecular weight excluding hydrogens is 573 g/mol. The minimum absolute atomic E-state index is 0.0490. The Morgan fingerprint density at radius 3 is 2.82 bits per heavy atom. The zero-order valence-electron chi connectivity index (χ0n) is 25.2. The second-order valence-electron chi connectivity index (χ2n) is 11.3. The zero-order valence-corrected chi connectivity index (χ0v) is 25.2. The Balaban J connectivity index is 1.42. The fraction of sp³-hybridized carbons (Fsp3) is 0.278. The van der Waals surface area contributed by atoms with E-state index in [0.717, 1.165) is 22.3 Å². The molecule has 3 aliphatic rings. The van der Waals surface area contributed by atoms with Crippen LogP contribution < -0.4 is 25.3 Å². The van der Waals surface area contributed by atoms with E-state index in [2.05, 4.69) is 5.32 Å². The van der Waals surface area contributed by atoms with Crippen molar-refractivity contribution in [2.45, 2.75) is 32.2 Å². The Morgan fingerprint density at radius 2 is 1.96 bits per heavy atom. The average Bonchev–Trinajstić information content (AvgIpc) is 3.04. The molecular formula is C36H36FN3O5. The summed E-state index contributed by atoms with van der Waals surface area (Å²) in [5.41, 5.74) is 10.6. The highest BCUT2D eigenvalue weighted by molar-refractivity contribution is 5.98. The maximum absolute atomic E-state index is 14.8. The van der Waals surface area contributed by atoms with Crippen molar-refractivity contribution < 1.29 is 28.2 Å². The van der Waals surface area contributed by atoms with E-state index in [1.165, 1.54) is 6.07 Å². The van der Waals surface area contributed by atoms with Gasteiger partial charge in [0.05, 0.1) is 24.6 Å². The van der Waals surface area contributed by atoms with Gasteiger partial charge in [-0.3, -0.25) is 9.59 Å². The van der Waals surface area contributed by atoms with Gasteiger partial charge in [-0.05, 0) is 90.6 Å². The molecule has 3 heterocycles. The number of nitrogens with two attached hydrogens (primary N) is 1. The van der Waals surface area contributed by atoms with Gasteiger partial charge in [0.15, 0.2) is 11.6 Å². The standard InChI is InChI=1S/C36H36FN3O5/c1-23-6-11-32(44-17-13-38)30(18-23)36(42)40-15-12-25-21-28-8-9-29(25)35(40)26-4-2-5-27(22-26)43-16-3-14-39-34(41)20-24-7-10-31(37)33(19-24)45-28/h2,4-11,18-19,21-22,35H,3,12-17,20,38H2,1H3,(H,39,41). The lowest BCUT2D eigenvalue weighted by molar-refractivity contribution is -0.120. The van der Waals surface area contributed by atoms with Crippen molar-refractivity contribution in [3.63, 3.8) is 0 Å². The van der Waals surface area contributed by atoms with Crippen LogP contribution in [0.2, 0.25) is 0 Å². The van der Waals surface area contributed by atoms with E-state index in [1.54, 1.807) is 18.2 Å². The number of hydrogen-bond donors (Lipinski definition) is 2. The fourth-order valence-electron chi connectivity index (χ4n) is 5.88. The molecule has 4 aromatic rings. The third kappa shape index (κ3) is 6.78. The number of carbonyl (C=O) groups excluding carboxylic acids is 2. The van der Waals surface area contributed by atoms with Crippen LogP contribution in [0.1, 0.15) is 50.6 Å². The maximum atomic E-state index is 14.8. The predicted octanol–water partition coefficient (Wildman–Crippen LogP) is 5.49. The number of carbonyl (C=O) groups is 2. The van der Waals surface area contributed by atoms with Crippen molar-refractivity contribution in [1.82, 2.24) is 10.2 Å². The molecule has 2 amide bonds. The van der Waals surface area contributed by atoms with Crippen molar-refractivity contribution in [1.29, 1.82) is 0 Å². The van der Waals surface area contributed by atoms with E-state index < -0.39 is 11.9 Å². The number of fused-ring (bicyclic) bond motifs is 7. The van der Waals surface area contributed by atoms with Gasteiger partial charge in [-0.2, -0.15) is 0 Å². The molecule has 3 aliphatic heterocycles. The van der Waals surface area contributed by atoms with Crippen molar-refractivity contribution in [3.05, 3.63) is 118 Å². The Kier molecular flexibility index (Phi) is 8.98. The van der Waals surface area contributed by atoms with Crippen molar-refractivity contribution in [3.8, 4) is 23.0 Å². The molecule has 8 bridgehead atoms. The van der Waals surface area contributed by atoms with Gasteiger partial charge in [0.25, 0.3) is 5.91 Å². The van der Waals surface area contributed by atoms with Gasteiger partial charge in [-0.25, -0.2) is 4.39 Å². The number of ether oxygens (including phenoxy) is 3. The largest absolute Gasteiger partial charge is 0.494 e. The van der Waals surface area contributed by atoms with E-state index in [9.17, 15) is 14.0 Å². The van der Waals surface area contributed by atoms with E-state index in [-0.39, 0.29) is 24.0 Å². The summed E-state index contributed by atoms with van der Waals surface area (Å²) in [6.07, 6.45) is 1.28. The van der Waals surface area contributed by atoms with Crippen LogP contribution in [-0.4, -0.2) is 49.6 Å². The molecule has 0 radical (unpaired) electrons. The van der Waals surface area contributed by atoms with Crippen LogP contribution in [-0.2, 0) is 17.6 Å². The van der Waals surface area contributed by atoms with Crippen molar-refractivity contribution >= 4 is 11.8 Å². The summed E-state index contributed by atoms with van der Waals surface area (Å²) in [6, 6.07) is 23.0. The topological polar surface area (TPSA) is 103 Å². The Bertz CT molecular complexity index is 1730. The first-order chi connectivity index (χ1) is 21.9. The molecule has 0 spiro atoms. The molecule has 4 aromatic carbocycles. The Morgan fingerprint density at radius 1 is 1.07 bits per heavy atom. The fourth-order valence-corrected chi connectivity index (χ4v) is 5.88. The zero-order chi connectivity index (χ0) is 31.3. The summed E-state index contributed by atoms with van der Waals surface area (Å²) in [6.45, 7) is 3.85. The van der Waals surface area contributed by atoms with Crippen LogP contribution in [0.15, 0.2) is 78.9 Å². The number of benzene rings is 4. The van der Waals surface area contributed by atoms with Crippen LogP contribution in [0.5, 0.6) is 23.0 Å². The van der Waals surface area contributed by atoms with Gasteiger partial charge >= 0.3 is 0 Å². The normalized spacial score (nSPS) is 16.4. The molecule has 7 rings (SSSR count). The quantitative estimate of drug-likeness (QED) is 0.317. The van der Waals surface area contributed by atoms with Gasteiger partial charge in [-0.1, -0.05) is 35.9 Å². The summed E-state index contributed by atoms with van der Waals surface area (Å²) in [5.74, 6) is 0.855. The van der Waals surface area contributed by atoms with E-state index in [4.69, 9.17) is 19.9 Å². The number of aryl methyl sites for hydroxylation is 1. The lowest BCUT2D eigenvalue weighted by Gasteiger charge is -2.38. The van der Waals surface area contributed by atoms with Gasteiger partial charge in [0, 0.05) is 19.6 Å². The number of hydrogen-bond acceptors (Lipinski definition) is 6. The molecule has 8 nitrogen and oxygen atoms in total. The van der Waals surface area contributed by atoms with E-state index in [0.29, 0.717) is 74.1 Å². The molecule has 0 fully saturated rings. The molecule has 1 atom stereocenters. The first-order valence-corrected chi connectivity index (χ1v) is 15.2. The highest BCUT2D eigenvalue weighted by Crippen LogP contribution is 2.40. The lowest BCUT2D eigenvalue weighted by atomic mass is 9.87. The van der Waals surface area contributed by atoms with Crippen molar-refractivity contribution in [2.24, 2.45) is 5.73 Å². The minimum atomic E-state index is -0.516.